The van der Waals surface area contributed by atoms with E-state index in [0.717, 1.165) is 12.1 Å². The quantitative estimate of drug-likeness (QED) is 0.421. The van der Waals surface area contributed by atoms with Crippen LogP contribution >= 0.6 is 0 Å². The standard InChI is InChI=1S/C6H5.3NO2.Sn/c1-2-4-6-5-3-1;3*2-1-3;/h1-5H;;;;. The van der Waals surface area contributed by atoms with Crippen molar-refractivity contribution in [1.29, 1.82) is 0 Å². The normalized spacial score (nSPS) is 10.8. The molecular formula is C6H5N3O6Sn. The van der Waals surface area contributed by atoms with Crippen molar-refractivity contribution in [3.05, 3.63) is 60.7 Å². The van der Waals surface area contributed by atoms with Crippen LogP contribution in [0.15, 0.2) is 30.3 Å². The third kappa shape index (κ3) is 1.68. The Balaban J connectivity index is 3.52. The van der Waals surface area contributed by atoms with Gasteiger partial charge in [-0.05, 0) is 0 Å². The van der Waals surface area contributed by atoms with E-state index in [1.807, 2.05) is 0 Å². The van der Waals surface area contributed by atoms with Gasteiger partial charge < -0.3 is 0 Å². The fraction of sp³-hybridized carbons (Fsp3) is 0. The van der Waals surface area contributed by atoms with E-state index in [4.69, 9.17) is 0 Å². The van der Waals surface area contributed by atoms with Gasteiger partial charge in [0.1, 0.15) is 0 Å². The van der Waals surface area contributed by atoms with Crippen LogP contribution in [-0.2, 0) is 0 Å². The summed E-state index contributed by atoms with van der Waals surface area (Å²) < 4.78 is -4.34. The minimum atomic E-state index is -6.11. The fourth-order valence-corrected chi connectivity index (χ4v) is 5.95. The van der Waals surface area contributed by atoms with Crippen LogP contribution in [0.2, 0.25) is 0 Å². The second-order valence-corrected chi connectivity index (χ2v) is 11.2. The van der Waals surface area contributed by atoms with E-state index < -0.39 is 32.2 Å². The molecule has 0 unspecified atom stereocenters. The molecule has 0 fully saturated rings. The molecule has 0 saturated heterocycles. The molecule has 16 heavy (non-hydrogen) atoms. The molecule has 10 heteroatoms. The Morgan fingerprint density at radius 2 is 1.19 bits per heavy atom. The van der Waals surface area contributed by atoms with Crippen molar-refractivity contribution in [2.45, 2.75) is 0 Å². The van der Waals surface area contributed by atoms with Gasteiger partial charge in [-0.2, -0.15) is 0 Å². The summed E-state index contributed by atoms with van der Waals surface area (Å²) in [4.78, 5) is 32.2. The van der Waals surface area contributed by atoms with Crippen molar-refractivity contribution >= 4 is 22.8 Å². The molecule has 0 radical (unpaired) electrons. The molecule has 0 aliphatic carbocycles. The second-order valence-electron chi connectivity index (χ2n) is 2.77. The van der Waals surface area contributed by atoms with Gasteiger partial charge in [0.05, 0.1) is 0 Å². The van der Waals surface area contributed by atoms with Gasteiger partial charge in [0, 0.05) is 0 Å². The van der Waals surface area contributed by atoms with E-state index in [0.29, 0.717) is 0 Å². The summed E-state index contributed by atoms with van der Waals surface area (Å²) in [5, 5.41) is 32.2. The Morgan fingerprint density at radius 3 is 1.50 bits per heavy atom. The molecule has 0 bridgehead atoms. The second kappa shape index (κ2) is 4.38. The molecule has 0 heterocycles. The maximum absolute atomic E-state index is 10.7. The predicted octanol–water partition coefficient (Wildman–Crippen LogP) is -0.337. The summed E-state index contributed by atoms with van der Waals surface area (Å²) in [6, 6.07) is 6.20. The Hall–Kier alpha value is -1.78. The fourth-order valence-electron chi connectivity index (χ4n) is 1.18. The minimum absolute atomic E-state index is 0.392. The van der Waals surface area contributed by atoms with Crippen LogP contribution in [-0.4, -0.2) is 28.6 Å². The SMILES string of the molecule is O=[N+]([O-])[Sn]([c]1ccccc1)([N+](=O)[O-])[N+](=O)[O-]. The number of nitro groups is 3. The molecule has 1 rings (SSSR count). The van der Waals surface area contributed by atoms with Gasteiger partial charge in [-0.15, -0.1) is 0 Å². The molecule has 9 nitrogen and oxygen atoms in total. The van der Waals surface area contributed by atoms with E-state index in [2.05, 4.69) is 0 Å². The van der Waals surface area contributed by atoms with E-state index in [-0.39, 0.29) is 0 Å². The molecule has 84 valence electrons. The van der Waals surface area contributed by atoms with E-state index >= 15 is 0 Å². The van der Waals surface area contributed by atoms with Gasteiger partial charge in [0.25, 0.3) is 0 Å². The van der Waals surface area contributed by atoms with Gasteiger partial charge in [0.2, 0.25) is 0 Å². The average molecular weight is 334 g/mol. The van der Waals surface area contributed by atoms with Crippen LogP contribution in [0.25, 0.3) is 0 Å². The number of hydrogen-bond donors (Lipinski definition) is 0. The van der Waals surface area contributed by atoms with Crippen molar-refractivity contribution in [3.8, 4) is 0 Å². The number of hydrogen-bond acceptors (Lipinski definition) is 6. The molecule has 0 saturated carbocycles. The van der Waals surface area contributed by atoms with Crippen LogP contribution in [0.1, 0.15) is 0 Å². The first-order valence-corrected chi connectivity index (χ1v) is 9.18. The zero-order chi connectivity index (χ0) is 12.3. The monoisotopic (exact) mass is 335 g/mol. The summed E-state index contributed by atoms with van der Waals surface area (Å²) >= 11 is -6.11. The van der Waals surface area contributed by atoms with Crippen LogP contribution in [0, 0.1) is 30.3 Å². The van der Waals surface area contributed by atoms with E-state index in [9.17, 15) is 30.3 Å². The van der Waals surface area contributed by atoms with Crippen molar-refractivity contribution < 1.29 is 9.44 Å². The van der Waals surface area contributed by atoms with Gasteiger partial charge in [-0.25, -0.2) is 0 Å². The molecule has 0 amide bonds. The Bertz CT molecular complexity index is 413. The molecule has 1 aromatic rings. The van der Waals surface area contributed by atoms with E-state index in [1.54, 1.807) is 0 Å². The summed E-state index contributed by atoms with van der Waals surface area (Å²) in [6.07, 6.45) is 0. The van der Waals surface area contributed by atoms with Crippen LogP contribution in [0.5, 0.6) is 0 Å². The first kappa shape index (κ1) is 12.3. The van der Waals surface area contributed by atoms with Gasteiger partial charge >= 0.3 is 92.9 Å². The molecular weight excluding hydrogens is 329 g/mol. The van der Waals surface area contributed by atoms with Crippen molar-refractivity contribution in [3.63, 3.8) is 0 Å². The molecule has 0 N–H and O–H groups in total. The number of benzene rings is 1. The summed E-state index contributed by atoms with van der Waals surface area (Å²) in [7, 11) is 0. The average Bonchev–Trinajstić information content (AvgIpc) is 2.18. The van der Waals surface area contributed by atoms with Crippen molar-refractivity contribution in [2.75, 3.05) is 0 Å². The third-order valence-electron chi connectivity index (χ3n) is 1.92. The maximum atomic E-state index is 10.7. The van der Waals surface area contributed by atoms with Gasteiger partial charge in [-0.3, -0.25) is 0 Å². The predicted molar refractivity (Wildman–Crippen MR) is 52.8 cm³/mol. The molecule has 0 aromatic heterocycles. The molecule has 1 aromatic carbocycles. The van der Waals surface area contributed by atoms with Gasteiger partial charge in [0.15, 0.2) is 0 Å². The Labute approximate surface area is 93.1 Å². The summed E-state index contributed by atoms with van der Waals surface area (Å²) in [6.45, 7) is 0. The number of nitrogens with zero attached hydrogens (tertiary/aromatic N) is 3. The first-order valence-electron chi connectivity index (χ1n) is 3.93. The van der Waals surface area contributed by atoms with Crippen LogP contribution in [0.3, 0.4) is 0 Å². The Kier molecular flexibility index (Phi) is 3.37. The zero-order valence-corrected chi connectivity index (χ0v) is 10.5. The molecule has 0 aliphatic rings. The zero-order valence-electron chi connectivity index (χ0n) is 7.68. The molecule has 0 aliphatic heterocycles. The summed E-state index contributed by atoms with van der Waals surface area (Å²) in [5.74, 6) is 0. The number of rotatable bonds is 4. The molecule has 0 atom stereocenters. The topological polar surface area (TPSA) is 129 Å². The van der Waals surface area contributed by atoms with Gasteiger partial charge in [-0.1, -0.05) is 0 Å². The van der Waals surface area contributed by atoms with E-state index in [1.165, 1.54) is 18.2 Å². The van der Waals surface area contributed by atoms with Crippen LogP contribution in [0.4, 0.5) is 0 Å². The van der Waals surface area contributed by atoms with Crippen molar-refractivity contribution in [1.82, 2.24) is 0 Å². The Morgan fingerprint density at radius 1 is 0.812 bits per heavy atom. The van der Waals surface area contributed by atoms with Crippen LogP contribution < -0.4 is 3.58 Å². The van der Waals surface area contributed by atoms with Crippen molar-refractivity contribution in [2.24, 2.45) is 0 Å². The first-order chi connectivity index (χ1) is 7.44. The molecule has 0 spiro atoms. The summed E-state index contributed by atoms with van der Waals surface area (Å²) in [5.41, 5.74) is 0. The third-order valence-corrected chi connectivity index (χ3v) is 9.45.